The fourth-order valence-corrected chi connectivity index (χ4v) is 4.02. The Balaban J connectivity index is 1.87. The lowest BCUT2D eigenvalue weighted by Crippen LogP contribution is -2.20. The van der Waals surface area contributed by atoms with Crippen LogP contribution in [-0.2, 0) is 11.8 Å². The largest absolute Gasteiger partial charge is 0.465 e. The monoisotopic (exact) mass is 400 g/mol. The molecule has 0 saturated carbocycles. The molecule has 140 valence electrons. The van der Waals surface area contributed by atoms with E-state index in [1.54, 1.807) is 4.68 Å². The smallest absolute Gasteiger partial charge is 0.340 e. The van der Waals surface area contributed by atoms with Crippen LogP contribution < -0.4 is 10.6 Å². The van der Waals surface area contributed by atoms with Crippen LogP contribution in [0.3, 0.4) is 0 Å². The average molecular weight is 401 g/mol. The maximum atomic E-state index is 12.2. The van der Waals surface area contributed by atoms with E-state index in [4.69, 9.17) is 17.0 Å². The SMILES string of the molecule is COC(=O)c1cc(-c2ccccc2)sc1NC(=S)Nc1c(C)nn(C)c1C. The van der Waals surface area contributed by atoms with E-state index in [0.717, 1.165) is 27.5 Å². The molecule has 0 radical (unpaired) electrons. The summed E-state index contributed by atoms with van der Waals surface area (Å²) in [6.45, 7) is 3.87. The first kappa shape index (κ1) is 19.1. The van der Waals surface area contributed by atoms with Gasteiger partial charge in [0.05, 0.1) is 29.7 Å². The second kappa shape index (κ2) is 7.89. The van der Waals surface area contributed by atoms with Crippen molar-refractivity contribution in [2.75, 3.05) is 17.7 Å². The van der Waals surface area contributed by atoms with Crippen LogP contribution >= 0.6 is 23.6 Å². The van der Waals surface area contributed by atoms with Gasteiger partial charge in [-0.2, -0.15) is 5.10 Å². The van der Waals surface area contributed by atoms with Crippen LogP contribution in [0.15, 0.2) is 36.4 Å². The molecule has 3 rings (SSSR count). The van der Waals surface area contributed by atoms with Gasteiger partial charge in [-0.05, 0) is 37.7 Å². The number of rotatable bonds is 4. The van der Waals surface area contributed by atoms with Gasteiger partial charge < -0.3 is 15.4 Å². The van der Waals surface area contributed by atoms with Crippen LogP contribution in [0, 0.1) is 13.8 Å². The molecule has 2 heterocycles. The number of aromatic nitrogens is 2. The van der Waals surface area contributed by atoms with E-state index in [0.29, 0.717) is 15.7 Å². The Morgan fingerprint density at radius 3 is 2.52 bits per heavy atom. The fraction of sp³-hybridized carbons (Fsp3) is 0.211. The van der Waals surface area contributed by atoms with Crippen molar-refractivity contribution < 1.29 is 9.53 Å². The van der Waals surface area contributed by atoms with E-state index in [9.17, 15) is 4.79 Å². The van der Waals surface area contributed by atoms with Crippen molar-refractivity contribution in [3.05, 3.63) is 53.3 Å². The molecule has 0 aliphatic carbocycles. The number of methoxy groups -OCH3 is 1. The van der Waals surface area contributed by atoms with E-state index in [2.05, 4.69) is 15.7 Å². The average Bonchev–Trinajstić information content (AvgIpc) is 3.18. The Morgan fingerprint density at radius 2 is 1.93 bits per heavy atom. The molecule has 8 heteroatoms. The summed E-state index contributed by atoms with van der Waals surface area (Å²) < 4.78 is 6.71. The molecule has 0 aliphatic heterocycles. The number of thiocarbonyl (C=S) groups is 1. The van der Waals surface area contributed by atoms with Gasteiger partial charge in [0.2, 0.25) is 0 Å². The molecule has 0 spiro atoms. The van der Waals surface area contributed by atoms with Gasteiger partial charge in [0.15, 0.2) is 5.11 Å². The molecule has 0 atom stereocenters. The molecule has 3 aromatic rings. The highest BCUT2D eigenvalue weighted by atomic mass is 32.1. The third kappa shape index (κ3) is 4.01. The van der Waals surface area contributed by atoms with Gasteiger partial charge >= 0.3 is 5.97 Å². The van der Waals surface area contributed by atoms with Gasteiger partial charge in [-0.3, -0.25) is 4.68 Å². The maximum Gasteiger partial charge on any atom is 0.340 e. The van der Waals surface area contributed by atoms with E-state index in [1.807, 2.05) is 57.3 Å². The number of thiophene rings is 1. The van der Waals surface area contributed by atoms with Crippen LogP contribution in [0.4, 0.5) is 10.7 Å². The van der Waals surface area contributed by atoms with E-state index in [-0.39, 0.29) is 0 Å². The quantitative estimate of drug-likeness (QED) is 0.501. The topological polar surface area (TPSA) is 68.2 Å². The minimum absolute atomic E-state index is 0.390. The van der Waals surface area contributed by atoms with Crippen molar-refractivity contribution >= 4 is 45.3 Å². The molecule has 0 amide bonds. The molecule has 2 N–H and O–H groups in total. The highest BCUT2D eigenvalue weighted by molar-refractivity contribution is 7.80. The molecule has 1 aromatic carbocycles. The van der Waals surface area contributed by atoms with Crippen molar-refractivity contribution in [3.8, 4) is 10.4 Å². The standard InChI is InChI=1S/C19H20N4O2S2/c1-11-16(12(2)23(3)22-11)20-19(26)21-17-14(18(24)25-4)10-15(27-17)13-8-6-5-7-9-13/h5-10H,1-4H3,(H2,20,21,26). The second-order valence-corrected chi connectivity index (χ2v) is 7.42. The van der Waals surface area contributed by atoms with Crippen molar-refractivity contribution in [2.45, 2.75) is 13.8 Å². The third-order valence-electron chi connectivity index (χ3n) is 4.17. The summed E-state index contributed by atoms with van der Waals surface area (Å²) >= 11 is 6.90. The predicted molar refractivity (Wildman–Crippen MR) is 114 cm³/mol. The first-order valence-electron chi connectivity index (χ1n) is 8.26. The second-order valence-electron chi connectivity index (χ2n) is 5.96. The number of benzene rings is 1. The van der Waals surface area contributed by atoms with Crippen molar-refractivity contribution in [2.24, 2.45) is 7.05 Å². The number of aryl methyl sites for hydroxylation is 2. The van der Waals surface area contributed by atoms with Crippen LogP contribution in [0.1, 0.15) is 21.7 Å². The summed E-state index contributed by atoms with van der Waals surface area (Å²) in [5.41, 5.74) is 4.16. The Kier molecular flexibility index (Phi) is 5.57. The minimum atomic E-state index is -0.410. The number of hydrogen-bond acceptors (Lipinski definition) is 5. The van der Waals surface area contributed by atoms with Gasteiger partial charge in [0.1, 0.15) is 5.00 Å². The number of carbonyl (C=O) groups is 1. The van der Waals surface area contributed by atoms with Gasteiger partial charge in [0.25, 0.3) is 0 Å². The van der Waals surface area contributed by atoms with Gasteiger partial charge in [-0.1, -0.05) is 30.3 Å². The molecule has 0 saturated heterocycles. The van der Waals surface area contributed by atoms with E-state index in [1.165, 1.54) is 18.4 Å². The first-order valence-corrected chi connectivity index (χ1v) is 9.49. The third-order valence-corrected chi connectivity index (χ3v) is 5.47. The van der Waals surface area contributed by atoms with Crippen molar-refractivity contribution in [3.63, 3.8) is 0 Å². The summed E-state index contributed by atoms with van der Waals surface area (Å²) in [5.74, 6) is -0.410. The number of ether oxygens (including phenoxy) is 1. The zero-order valence-corrected chi connectivity index (χ0v) is 17.1. The lowest BCUT2D eigenvalue weighted by molar-refractivity contribution is 0.0602. The number of nitrogens with zero attached hydrogens (tertiary/aromatic N) is 2. The normalized spacial score (nSPS) is 10.5. The Bertz CT molecular complexity index is 993. The molecule has 0 bridgehead atoms. The molecule has 0 aliphatic rings. The lowest BCUT2D eigenvalue weighted by atomic mass is 10.1. The maximum absolute atomic E-state index is 12.2. The number of anilines is 2. The Hall–Kier alpha value is -2.71. The molecule has 0 unspecified atom stereocenters. The number of esters is 1. The van der Waals surface area contributed by atoms with E-state index >= 15 is 0 Å². The summed E-state index contributed by atoms with van der Waals surface area (Å²) in [5, 5.41) is 11.7. The molecule has 27 heavy (non-hydrogen) atoms. The Morgan fingerprint density at radius 1 is 1.22 bits per heavy atom. The van der Waals surface area contributed by atoms with Crippen LogP contribution in [-0.4, -0.2) is 28.0 Å². The fourth-order valence-electron chi connectivity index (χ4n) is 2.69. The van der Waals surface area contributed by atoms with Crippen LogP contribution in [0.5, 0.6) is 0 Å². The number of nitrogens with one attached hydrogen (secondary N) is 2. The van der Waals surface area contributed by atoms with Gasteiger partial charge in [-0.15, -0.1) is 11.3 Å². The number of hydrogen-bond donors (Lipinski definition) is 2. The van der Waals surface area contributed by atoms with Crippen molar-refractivity contribution in [1.82, 2.24) is 9.78 Å². The van der Waals surface area contributed by atoms with Crippen LogP contribution in [0.25, 0.3) is 10.4 Å². The highest BCUT2D eigenvalue weighted by Gasteiger charge is 2.19. The van der Waals surface area contributed by atoms with E-state index < -0.39 is 5.97 Å². The lowest BCUT2D eigenvalue weighted by Gasteiger charge is -2.10. The molecule has 6 nitrogen and oxygen atoms in total. The summed E-state index contributed by atoms with van der Waals surface area (Å²) in [4.78, 5) is 13.2. The zero-order chi connectivity index (χ0) is 19.6. The molecular formula is C19H20N4O2S2. The molecule has 0 fully saturated rings. The highest BCUT2D eigenvalue weighted by Crippen LogP contribution is 2.36. The van der Waals surface area contributed by atoms with Gasteiger partial charge in [-0.25, -0.2) is 4.79 Å². The van der Waals surface area contributed by atoms with Crippen molar-refractivity contribution in [1.29, 1.82) is 0 Å². The zero-order valence-electron chi connectivity index (χ0n) is 15.5. The van der Waals surface area contributed by atoms with Crippen LogP contribution in [0.2, 0.25) is 0 Å². The molecular weight excluding hydrogens is 380 g/mol. The predicted octanol–water partition coefficient (Wildman–Crippen LogP) is 4.36. The summed E-state index contributed by atoms with van der Waals surface area (Å²) in [6.07, 6.45) is 0. The minimum Gasteiger partial charge on any atom is -0.465 e. The molecule has 2 aromatic heterocycles. The van der Waals surface area contributed by atoms with Gasteiger partial charge in [0, 0.05) is 11.9 Å². The Labute approximate surface area is 167 Å². The first-order chi connectivity index (χ1) is 12.9. The summed E-state index contributed by atoms with van der Waals surface area (Å²) in [7, 11) is 3.25. The summed E-state index contributed by atoms with van der Waals surface area (Å²) in [6, 6.07) is 11.7. The number of carbonyl (C=O) groups excluding carboxylic acids is 1.